The van der Waals surface area contributed by atoms with E-state index in [1.54, 1.807) is 12.3 Å². The van der Waals surface area contributed by atoms with Gasteiger partial charge >= 0.3 is 0 Å². The zero-order valence-corrected chi connectivity index (χ0v) is 17.7. The topological polar surface area (TPSA) is 64.7 Å². The molecule has 0 saturated heterocycles. The second-order valence-corrected chi connectivity index (χ2v) is 7.82. The lowest BCUT2D eigenvalue weighted by Crippen LogP contribution is -1.92. The highest BCUT2D eigenvalue weighted by molar-refractivity contribution is 6.29. The molecule has 0 fully saturated rings. The first-order valence-corrected chi connectivity index (χ1v) is 10.4. The zero-order chi connectivity index (χ0) is 21.2. The van der Waals surface area contributed by atoms with Crippen LogP contribution in [0.25, 0.3) is 33.6 Å². The standard InChI is InChI=1S/C25H19ClN4O/c1-16-6-10-18(11-7-16)22-14-20(19-4-2-3-5-21(19)28-22)25-30-29-24(31-25)13-9-17-8-12-23(26)27-15-17/h2-8,10-12,14-15H,9,13H2,1H3. The molecule has 0 aliphatic carbocycles. The van der Waals surface area contributed by atoms with Gasteiger partial charge in [-0.2, -0.15) is 0 Å². The number of hydrogen-bond acceptors (Lipinski definition) is 5. The van der Waals surface area contributed by atoms with Crippen LogP contribution in [0.2, 0.25) is 5.15 Å². The van der Waals surface area contributed by atoms with E-state index in [0.717, 1.165) is 39.7 Å². The van der Waals surface area contributed by atoms with Gasteiger partial charge in [-0.3, -0.25) is 0 Å². The molecule has 31 heavy (non-hydrogen) atoms. The SMILES string of the molecule is Cc1ccc(-c2cc(-c3nnc(CCc4ccc(Cl)nc4)o3)c3ccccc3n2)cc1. The molecule has 0 amide bonds. The molecule has 152 valence electrons. The number of rotatable bonds is 5. The molecule has 0 N–H and O–H groups in total. The highest BCUT2D eigenvalue weighted by Crippen LogP contribution is 2.31. The lowest BCUT2D eigenvalue weighted by atomic mass is 10.0. The van der Waals surface area contributed by atoms with E-state index in [2.05, 4.69) is 46.4 Å². The third-order valence-corrected chi connectivity index (χ3v) is 5.40. The van der Waals surface area contributed by atoms with Gasteiger partial charge in [0.15, 0.2) is 0 Å². The summed E-state index contributed by atoms with van der Waals surface area (Å²) in [6.45, 7) is 2.07. The van der Waals surface area contributed by atoms with Gasteiger partial charge in [-0.15, -0.1) is 10.2 Å². The summed E-state index contributed by atoms with van der Waals surface area (Å²) < 4.78 is 6.04. The second kappa shape index (κ2) is 8.28. The van der Waals surface area contributed by atoms with Crippen LogP contribution in [-0.4, -0.2) is 20.2 Å². The van der Waals surface area contributed by atoms with Gasteiger partial charge in [0.1, 0.15) is 5.15 Å². The van der Waals surface area contributed by atoms with Crippen molar-refractivity contribution in [3.8, 4) is 22.7 Å². The maximum absolute atomic E-state index is 6.04. The van der Waals surface area contributed by atoms with Gasteiger partial charge in [-0.1, -0.05) is 65.7 Å². The molecule has 0 atom stereocenters. The number of pyridine rings is 2. The Morgan fingerprint density at radius 1 is 0.903 bits per heavy atom. The molecular weight excluding hydrogens is 408 g/mol. The Bertz CT molecular complexity index is 1340. The molecule has 5 rings (SSSR count). The first kappa shape index (κ1) is 19.4. The van der Waals surface area contributed by atoms with E-state index in [1.807, 2.05) is 36.4 Å². The van der Waals surface area contributed by atoms with Crippen molar-refractivity contribution < 1.29 is 4.42 Å². The van der Waals surface area contributed by atoms with E-state index in [4.69, 9.17) is 21.0 Å². The van der Waals surface area contributed by atoms with Crippen molar-refractivity contribution in [3.05, 3.63) is 95.1 Å². The third kappa shape index (κ3) is 4.18. The molecule has 0 unspecified atom stereocenters. The molecule has 0 radical (unpaired) electrons. The van der Waals surface area contributed by atoms with E-state index in [9.17, 15) is 0 Å². The number of fused-ring (bicyclic) bond motifs is 1. The average molecular weight is 427 g/mol. The molecule has 0 spiro atoms. The van der Waals surface area contributed by atoms with Crippen LogP contribution in [-0.2, 0) is 12.8 Å². The predicted molar refractivity (Wildman–Crippen MR) is 122 cm³/mol. The Morgan fingerprint density at radius 3 is 2.55 bits per heavy atom. The molecule has 2 aromatic carbocycles. The van der Waals surface area contributed by atoms with Crippen LogP contribution in [0.3, 0.4) is 0 Å². The summed E-state index contributed by atoms with van der Waals surface area (Å²) in [6.07, 6.45) is 3.14. The Hall–Kier alpha value is -3.57. The fourth-order valence-corrected chi connectivity index (χ4v) is 3.61. The molecule has 0 aliphatic rings. The first-order chi connectivity index (χ1) is 15.2. The molecule has 5 aromatic rings. The van der Waals surface area contributed by atoms with Crippen LogP contribution < -0.4 is 0 Å². The number of benzene rings is 2. The van der Waals surface area contributed by atoms with Crippen molar-refractivity contribution in [2.24, 2.45) is 0 Å². The highest BCUT2D eigenvalue weighted by Gasteiger charge is 2.15. The molecule has 5 nitrogen and oxygen atoms in total. The fourth-order valence-electron chi connectivity index (χ4n) is 3.49. The van der Waals surface area contributed by atoms with Crippen LogP contribution >= 0.6 is 11.6 Å². The van der Waals surface area contributed by atoms with E-state index in [0.29, 0.717) is 23.4 Å². The highest BCUT2D eigenvalue weighted by atomic mass is 35.5. The van der Waals surface area contributed by atoms with Crippen LogP contribution in [0.1, 0.15) is 17.0 Å². The number of para-hydroxylation sites is 1. The van der Waals surface area contributed by atoms with E-state index in [1.165, 1.54) is 5.56 Å². The molecule has 3 aromatic heterocycles. The number of hydrogen-bond donors (Lipinski definition) is 0. The predicted octanol–water partition coefficient (Wildman–Crippen LogP) is 6.09. The van der Waals surface area contributed by atoms with E-state index < -0.39 is 0 Å². The summed E-state index contributed by atoms with van der Waals surface area (Å²) in [6, 6.07) is 22.1. The van der Waals surface area contributed by atoms with Gasteiger partial charge in [0.05, 0.1) is 16.8 Å². The largest absolute Gasteiger partial charge is 0.421 e. The number of aryl methyl sites for hydroxylation is 3. The monoisotopic (exact) mass is 426 g/mol. The van der Waals surface area contributed by atoms with Gasteiger partial charge in [-0.25, -0.2) is 9.97 Å². The second-order valence-electron chi connectivity index (χ2n) is 7.43. The van der Waals surface area contributed by atoms with E-state index >= 15 is 0 Å². The average Bonchev–Trinajstić information content (AvgIpc) is 3.27. The maximum Gasteiger partial charge on any atom is 0.248 e. The minimum Gasteiger partial charge on any atom is -0.421 e. The molecule has 0 saturated carbocycles. The summed E-state index contributed by atoms with van der Waals surface area (Å²) in [5, 5.41) is 10.1. The molecular formula is C25H19ClN4O. The van der Waals surface area contributed by atoms with Crippen LogP contribution in [0.5, 0.6) is 0 Å². The van der Waals surface area contributed by atoms with Gasteiger partial charge in [0, 0.05) is 23.6 Å². The Labute approximate surface area is 184 Å². The molecule has 0 aliphatic heterocycles. The van der Waals surface area contributed by atoms with Gasteiger partial charge in [0.25, 0.3) is 0 Å². The summed E-state index contributed by atoms with van der Waals surface area (Å²) in [4.78, 5) is 8.96. The number of aromatic nitrogens is 4. The summed E-state index contributed by atoms with van der Waals surface area (Å²) in [5.74, 6) is 1.08. The van der Waals surface area contributed by atoms with Crippen molar-refractivity contribution in [2.45, 2.75) is 19.8 Å². The normalized spacial score (nSPS) is 11.2. The summed E-state index contributed by atoms with van der Waals surface area (Å²) >= 11 is 5.86. The van der Waals surface area contributed by atoms with Crippen LogP contribution in [0.15, 0.2) is 77.3 Å². The summed E-state index contributed by atoms with van der Waals surface area (Å²) in [7, 11) is 0. The van der Waals surface area contributed by atoms with Crippen LogP contribution in [0, 0.1) is 6.92 Å². The van der Waals surface area contributed by atoms with Gasteiger partial charge in [-0.05, 0) is 37.1 Å². The van der Waals surface area contributed by atoms with Crippen LogP contribution in [0.4, 0.5) is 0 Å². The van der Waals surface area contributed by atoms with Crippen molar-refractivity contribution in [1.82, 2.24) is 20.2 Å². The number of halogens is 1. The maximum atomic E-state index is 6.04. The Morgan fingerprint density at radius 2 is 1.74 bits per heavy atom. The van der Waals surface area contributed by atoms with Gasteiger partial charge < -0.3 is 4.42 Å². The summed E-state index contributed by atoms with van der Waals surface area (Å²) in [5.41, 5.74) is 5.98. The molecule has 3 heterocycles. The van der Waals surface area contributed by atoms with Crippen molar-refractivity contribution in [2.75, 3.05) is 0 Å². The lowest BCUT2D eigenvalue weighted by molar-refractivity contribution is 0.505. The van der Waals surface area contributed by atoms with Crippen molar-refractivity contribution in [1.29, 1.82) is 0 Å². The zero-order valence-electron chi connectivity index (χ0n) is 16.9. The minimum atomic E-state index is 0.484. The lowest BCUT2D eigenvalue weighted by Gasteiger charge is -2.08. The van der Waals surface area contributed by atoms with Crippen molar-refractivity contribution in [3.63, 3.8) is 0 Å². The molecule has 0 bridgehead atoms. The Balaban J connectivity index is 1.49. The van der Waals surface area contributed by atoms with Gasteiger partial charge in [0.2, 0.25) is 11.8 Å². The molecule has 6 heteroatoms. The smallest absolute Gasteiger partial charge is 0.248 e. The number of nitrogens with zero attached hydrogens (tertiary/aromatic N) is 4. The third-order valence-electron chi connectivity index (χ3n) is 5.18. The fraction of sp³-hybridized carbons (Fsp3) is 0.120. The van der Waals surface area contributed by atoms with E-state index in [-0.39, 0.29) is 0 Å². The first-order valence-electron chi connectivity index (χ1n) is 10.1. The Kier molecular flexibility index (Phi) is 5.18. The quantitative estimate of drug-likeness (QED) is 0.318. The van der Waals surface area contributed by atoms with Crippen molar-refractivity contribution >= 4 is 22.5 Å². The minimum absolute atomic E-state index is 0.484.